The lowest BCUT2D eigenvalue weighted by atomic mass is 10.2. The van der Waals surface area contributed by atoms with Crippen molar-refractivity contribution in [3.8, 4) is 0 Å². The molecule has 78 valence electrons. The Balaban J connectivity index is 2.24. The lowest BCUT2D eigenvalue weighted by Gasteiger charge is -2.18. The molecular weight excluding hydrogens is 172 g/mol. The van der Waals surface area contributed by atoms with Gasteiger partial charge in [0.15, 0.2) is 5.79 Å². The van der Waals surface area contributed by atoms with E-state index in [-0.39, 0.29) is 6.10 Å². The van der Waals surface area contributed by atoms with Crippen molar-refractivity contribution in [3.05, 3.63) is 0 Å². The van der Waals surface area contributed by atoms with Gasteiger partial charge < -0.3 is 19.3 Å². The van der Waals surface area contributed by atoms with E-state index in [1.165, 1.54) is 0 Å². The Bertz CT molecular complexity index is 158. The third-order valence-corrected chi connectivity index (χ3v) is 1.96. The summed E-state index contributed by atoms with van der Waals surface area (Å²) in [4.78, 5) is 0. The van der Waals surface area contributed by atoms with Gasteiger partial charge in [0.25, 0.3) is 0 Å². The fourth-order valence-electron chi connectivity index (χ4n) is 1.44. The molecule has 1 aliphatic heterocycles. The molecule has 0 aromatic carbocycles. The highest BCUT2D eigenvalue weighted by molar-refractivity contribution is 4.73. The van der Waals surface area contributed by atoms with E-state index in [0.29, 0.717) is 19.6 Å². The first-order valence-electron chi connectivity index (χ1n) is 4.52. The molecule has 0 amide bonds. The van der Waals surface area contributed by atoms with Gasteiger partial charge in [-0.1, -0.05) is 0 Å². The van der Waals surface area contributed by atoms with E-state index in [9.17, 15) is 5.11 Å². The van der Waals surface area contributed by atoms with Gasteiger partial charge in [-0.05, 0) is 13.8 Å². The van der Waals surface area contributed by atoms with Crippen molar-refractivity contribution in [2.45, 2.75) is 38.3 Å². The van der Waals surface area contributed by atoms with Crippen LogP contribution in [0.4, 0.5) is 0 Å². The largest absolute Gasteiger partial charge is 0.391 e. The maximum Gasteiger partial charge on any atom is 0.163 e. The van der Waals surface area contributed by atoms with Gasteiger partial charge in [-0.15, -0.1) is 0 Å². The lowest BCUT2D eigenvalue weighted by molar-refractivity contribution is -0.142. The first kappa shape index (κ1) is 10.9. The fraction of sp³-hybridized carbons (Fsp3) is 1.00. The van der Waals surface area contributed by atoms with Crippen molar-refractivity contribution in [1.82, 2.24) is 0 Å². The quantitative estimate of drug-likeness (QED) is 0.702. The summed E-state index contributed by atoms with van der Waals surface area (Å²) < 4.78 is 15.7. The van der Waals surface area contributed by atoms with Crippen LogP contribution in [0.1, 0.15) is 20.3 Å². The molecule has 4 heteroatoms. The first-order valence-corrected chi connectivity index (χ1v) is 4.52. The van der Waals surface area contributed by atoms with Gasteiger partial charge in [0.05, 0.1) is 25.4 Å². The van der Waals surface area contributed by atoms with Crippen molar-refractivity contribution in [1.29, 1.82) is 0 Å². The summed E-state index contributed by atoms with van der Waals surface area (Å²) in [5.74, 6) is -0.503. The Morgan fingerprint density at radius 3 is 2.77 bits per heavy atom. The van der Waals surface area contributed by atoms with Gasteiger partial charge in [-0.25, -0.2) is 0 Å². The van der Waals surface area contributed by atoms with Gasteiger partial charge in [-0.2, -0.15) is 0 Å². The number of ether oxygens (including phenoxy) is 3. The van der Waals surface area contributed by atoms with Crippen LogP contribution in [0.5, 0.6) is 0 Å². The predicted molar refractivity (Wildman–Crippen MR) is 47.4 cm³/mol. The van der Waals surface area contributed by atoms with E-state index in [0.717, 1.165) is 0 Å². The van der Waals surface area contributed by atoms with Crippen LogP contribution >= 0.6 is 0 Å². The normalized spacial score (nSPS) is 29.1. The highest BCUT2D eigenvalue weighted by Crippen LogP contribution is 2.24. The maximum atomic E-state index is 9.42. The molecule has 0 radical (unpaired) electrons. The van der Waals surface area contributed by atoms with Crippen LogP contribution in [0.25, 0.3) is 0 Å². The van der Waals surface area contributed by atoms with Crippen LogP contribution in [0.3, 0.4) is 0 Å². The van der Waals surface area contributed by atoms with E-state index in [1.54, 1.807) is 7.11 Å². The third-order valence-electron chi connectivity index (χ3n) is 1.96. The molecule has 0 bridgehead atoms. The van der Waals surface area contributed by atoms with Crippen molar-refractivity contribution in [2.75, 3.05) is 20.3 Å². The molecule has 1 fully saturated rings. The van der Waals surface area contributed by atoms with E-state index in [4.69, 9.17) is 14.2 Å². The molecule has 0 spiro atoms. The zero-order valence-corrected chi connectivity index (χ0v) is 8.45. The summed E-state index contributed by atoms with van der Waals surface area (Å²) in [5, 5.41) is 9.42. The summed E-state index contributed by atoms with van der Waals surface area (Å²) in [6.07, 6.45) is 0.0877. The molecule has 1 heterocycles. The Labute approximate surface area is 78.8 Å². The molecule has 4 nitrogen and oxygen atoms in total. The topological polar surface area (TPSA) is 47.9 Å². The summed E-state index contributed by atoms with van der Waals surface area (Å²) in [7, 11) is 1.57. The standard InChI is InChI=1S/C9H18O4/c1-9(2)12-6-8(13-9)4-7(10)5-11-3/h7-8,10H,4-6H2,1-3H3. The average molecular weight is 190 g/mol. The molecule has 1 saturated heterocycles. The molecule has 0 aliphatic carbocycles. The van der Waals surface area contributed by atoms with Crippen LogP contribution in [0.2, 0.25) is 0 Å². The third kappa shape index (κ3) is 3.60. The average Bonchev–Trinajstić information content (AvgIpc) is 2.30. The monoisotopic (exact) mass is 190 g/mol. The molecule has 2 unspecified atom stereocenters. The van der Waals surface area contributed by atoms with Gasteiger partial charge in [0.2, 0.25) is 0 Å². The van der Waals surface area contributed by atoms with E-state index in [1.807, 2.05) is 13.8 Å². The molecular formula is C9H18O4. The molecule has 1 rings (SSSR count). The zero-order chi connectivity index (χ0) is 9.90. The number of methoxy groups -OCH3 is 1. The Morgan fingerprint density at radius 1 is 1.62 bits per heavy atom. The first-order chi connectivity index (χ1) is 6.03. The Kier molecular flexibility index (Phi) is 3.67. The second-order valence-corrected chi connectivity index (χ2v) is 3.80. The molecule has 0 aromatic heterocycles. The number of hydrogen-bond donors (Lipinski definition) is 1. The minimum Gasteiger partial charge on any atom is -0.391 e. The van der Waals surface area contributed by atoms with Gasteiger partial charge >= 0.3 is 0 Å². The predicted octanol–water partition coefficient (Wildman–Crippen LogP) is 0.535. The lowest BCUT2D eigenvalue weighted by Crippen LogP contribution is -2.26. The maximum absolute atomic E-state index is 9.42. The minimum atomic E-state index is -0.503. The molecule has 1 aliphatic rings. The molecule has 0 saturated carbocycles. The van der Waals surface area contributed by atoms with Crippen molar-refractivity contribution < 1.29 is 19.3 Å². The Hall–Kier alpha value is -0.160. The molecule has 0 aromatic rings. The highest BCUT2D eigenvalue weighted by atomic mass is 16.7. The van der Waals surface area contributed by atoms with Gasteiger partial charge in [0.1, 0.15) is 0 Å². The number of aliphatic hydroxyl groups excluding tert-OH is 1. The number of aliphatic hydroxyl groups is 1. The fourth-order valence-corrected chi connectivity index (χ4v) is 1.44. The van der Waals surface area contributed by atoms with Crippen LogP contribution in [0.15, 0.2) is 0 Å². The van der Waals surface area contributed by atoms with Crippen molar-refractivity contribution >= 4 is 0 Å². The molecule has 2 atom stereocenters. The summed E-state index contributed by atoms with van der Waals surface area (Å²) in [5.41, 5.74) is 0. The van der Waals surface area contributed by atoms with E-state index >= 15 is 0 Å². The Morgan fingerprint density at radius 2 is 2.31 bits per heavy atom. The summed E-state index contributed by atoms with van der Waals surface area (Å²) >= 11 is 0. The number of rotatable bonds is 4. The number of hydrogen-bond acceptors (Lipinski definition) is 4. The second kappa shape index (κ2) is 4.37. The van der Waals surface area contributed by atoms with Crippen LogP contribution in [0, 0.1) is 0 Å². The van der Waals surface area contributed by atoms with Crippen molar-refractivity contribution in [3.63, 3.8) is 0 Å². The SMILES string of the molecule is COCC(O)CC1COC(C)(C)O1. The molecule has 1 N–H and O–H groups in total. The van der Waals surface area contributed by atoms with Crippen LogP contribution in [-0.2, 0) is 14.2 Å². The summed E-state index contributed by atoms with van der Waals surface area (Å²) in [6.45, 7) is 4.64. The smallest absolute Gasteiger partial charge is 0.163 e. The zero-order valence-electron chi connectivity index (χ0n) is 8.45. The van der Waals surface area contributed by atoms with Crippen LogP contribution in [-0.4, -0.2) is 43.4 Å². The van der Waals surface area contributed by atoms with E-state index in [2.05, 4.69) is 0 Å². The second-order valence-electron chi connectivity index (χ2n) is 3.80. The van der Waals surface area contributed by atoms with E-state index < -0.39 is 11.9 Å². The molecule has 13 heavy (non-hydrogen) atoms. The van der Waals surface area contributed by atoms with Gasteiger partial charge in [0, 0.05) is 13.5 Å². The minimum absolute atomic E-state index is 0.0138. The van der Waals surface area contributed by atoms with Gasteiger partial charge in [-0.3, -0.25) is 0 Å². The van der Waals surface area contributed by atoms with Crippen LogP contribution < -0.4 is 0 Å². The highest BCUT2D eigenvalue weighted by Gasteiger charge is 2.33. The van der Waals surface area contributed by atoms with Crippen molar-refractivity contribution in [2.24, 2.45) is 0 Å². The summed E-state index contributed by atoms with van der Waals surface area (Å²) in [6, 6.07) is 0.